The summed E-state index contributed by atoms with van der Waals surface area (Å²) in [7, 11) is 9.34. The van der Waals surface area contributed by atoms with Gasteiger partial charge in [0, 0.05) is 39.3 Å². The Bertz CT molecular complexity index is 58.7. The van der Waals surface area contributed by atoms with Gasteiger partial charge in [-0.1, -0.05) is 0 Å². The fourth-order valence-corrected chi connectivity index (χ4v) is 0.905. The molecule has 1 saturated heterocycles. The van der Waals surface area contributed by atoms with Gasteiger partial charge in [-0.05, 0) is 0 Å². The Morgan fingerprint density at radius 3 is 1.00 bits per heavy atom. The van der Waals surface area contributed by atoms with E-state index in [0.717, 1.165) is 52.4 Å². The average Bonchev–Trinajstić information content (AvgIpc) is 2.19. The van der Waals surface area contributed by atoms with Crippen molar-refractivity contribution in [1.29, 1.82) is 0 Å². The van der Waals surface area contributed by atoms with Crippen molar-refractivity contribution in [2.75, 3.05) is 39.3 Å². The molecule has 12 heavy (non-hydrogen) atoms. The Morgan fingerprint density at radius 1 is 0.667 bits per heavy atom. The summed E-state index contributed by atoms with van der Waals surface area (Å²) in [4.78, 5) is 0. The summed E-state index contributed by atoms with van der Waals surface area (Å²) in [6, 6.07) is 0. The maximum absolute atomic E-state index is 4.67. The van der Waals surface area contributed by atoms with Crippen molar-refractivity contribution in [2.24, 2.45) is 0 Å². The van der Waals surface area contributed by atoms with Gasteiger partial charge in [0.1, 0.15) is 0 Å². The second kappa shape index (κ2) is 12.0. The van der Waals surface area contributed by atoms with Crippen LogP contribution in [0.3, 0.4) is 0 Å². The summed E-state index contributed by atoms with van der Waals surface area (Å²) in [5.74, 6) is 0. The first kappa shape index (κ1) is 13.0. The minimum atomic E-state index is 0.757. The predicted molar refractivity (Wildman–Crippen MR) is 50.3 cm³/mol. The van der Waals surface area contributed by atoms with Crippen LogP contribution in [0.2, 0.25) is 0 Å². The van der Waals surface area contributed by atoms with Crippen molar-refractivity contribution in [1.82, 2.24) is 16.0 Å². The molecule has 79 valence electrons. The van der Waals surface area contributed by atoms with E-state index in [1.165, 1.54) is 0 Å². The molecule has 1 rings (SSSR count). The molecular weight excluding hydrogens is 249 g/mol. The third-order valence-electron chi connectivity index (χ3n) is 1.44. The molecule has 1 aliphatic rings. The van der Waals surface area contributed by atoms with Gasteiger partial charge in [-0.2, -0.15) is 0 Å². The van der Waals surface area contributed by atoms with E-state index < -0.39 is 0 Å². The molecule has 3 nitrogen and oxygen atoms in total. The van der Waals surface area contributed by atoms with Crippen LogP contribution in [0, 0.1) is 0 Å². The monoisotopic (exact) mass is 262 g/mol. The van der Waals surface area contributed by atoms with E-state index in [-0.39, 0.29) is 0 Å². The molecule has 3 N–H and O–H groups in total. The molecule has 0 aliphatic carbocycles. The normalized spacial score (nSPS) is 19.8. The van der Waals surface area contributed by atoms with Crippen LogP contribution in [0.5, 0.6) is 0 Å². The van der Waals surface area contributed by atoms with Crippen LogP contribution in [0.25, 0.3) is 0 Å². The Balaban J connectivity index is 0.000000354. The van der Waals surface area contributed by atoms with E-state index in [1.807, 2.05) is 0 Å². The summed E-state index contributed by atoms with van der Waals surface area (Å²) in [6.45, 7) is 6.59. The van der Waals surface area contributed by atoms with Crippen LogP contribution >= 0.6 is 20.2 Å². The third-order valence-corrected chi connectivity index (χ3v) is 1.44. The molecule has 0 saturated carbocycles. The Labute approximate surface area is 88.6 Å². The first-order valence-electron chi connectivity index (χ1n) is 3.85. The van der Waals surface area contributed by atoms with Crippen LogP contribution in [0.4, 0.5) is 0 Å². The third kappa shape index (κ3) is 11.0. The number of nitrogens with one attached hydrogen (secondary N) is 3. The average molecular weight is 264 g/mol. The zero-order valence-electron chi connectivity index (χ0n) is 6.80. The topological polar surface area (TPSA) is 36.1 Å². The standard InChI is InChI=1S/C6H15N3.2ClH.Cu/c1-2-8-5-6-9-4-3-7-1;;;/h7-9H,1-6H2;2*1H;/q;;;+2/p-2. The maximum atomic E-state index is 4.67. The number of hydrogen-bond acceptors (Lipinski definition) is 3. The molecule has 1 heterocycles. The van der Waals surface area contributed by atoms with Crippen molar-refractivity contribution in [2.45, 2.75) is 0 Å². The van der Waals surface area contributed by atoms with Gasteiger partial charge in [0.2, 0.25) is 0 Å². The van der Waals surface area contributed by atoms with E-state index >= 15 is 0 Å². The van der Waals surface area contributed by atoms with Crippen LogP contribution < -0.4 is 16.0 Å². The summed E-state index contributed by atoms with van der Waals surface area (Å²) < 4.78 is 0. The van der Waals surface area contributed by atoms with Crippen LogP contribution in [0.15, 0.2) is 0 Å². The van der Waals surface area contributed by atoms with E-state index in [9.17, 15) is 0 Å². The molecule has 1 fully saturated rings. The Morgan fingerprint density at radius 2 is 0.833 bits per heavy atom. The molecular formula is C6H15Cl2CuN3. The summed E-state index contributed by atoms with van der Waals surface area (Å²) in [5, 5.41) is 9.91. The molecule has 0 radical (unpaired) electrons. The van der Waals surface area contributed by atoms with Gasteiger partial charge in [-0.25, -0.2) is 0 Å². The first-order valence-corrected chi connectivity index (χ1v) is 6.44. The van der Waals surface area contributed by atoms with Gasteiger partial charge in [0.05, 0.1) is 0 Å². The van der Waals surface area contributed by atoms with Crippen LogP contribution in [0.1, 0.15) is 0 Å². The molecule has 0 aromatic heterocycles. The van der Waals surface area contributed by atoms with Crippen molar-refractivity contribution in [3.8, 4) is 0 Å². The van der Waals surface area contributed by atoms with Gasteiger partial charge in [-0.15, -0.1) is 0 Å². The Hall–Kier alpha value is 0.979. The zero-order chi connectivity index (χ0) is 9.07. The van der Waals surface area contributed by atoms with E-state index in [4.69, 9.17) is 0 Å². The number of halogens is 2. The van der Waals surface area contributed by atoms with Crippen LogP contribution in [-0.4, -0.2) is 39.3 Å². The van der Waals surface area contributed by atoms with Gasteiger partial charge >= 0.3 is 33.3 Å². The van der Waals surface area contributed by atoms with Crippen LogP contribution in [-0.2, 0) is 13.1 Å². The predicted octanol–water partition coefficient (Wildman–Crippen LogP) is 0.145. The summed E-state index contributed by atoms with van der Waals surface area (Å²) in [5.41, 5.74) is 0. The van der Waals surface area contributed by atoms with Crippen molar-refractivity contribution >= 4 is 20.2 Å². The summed E-state index contributed by atoms with van der Waals surface area (Å²) in [6.07, 6.45) is 0. The molecule has 0 aromatic carbocycles. The number of hydrogen-bond donors (Lipinski definition) is 3. The molecule has 0 bridgehead atoms. The minimum absolute atomic E-state index is 0.757. The Kier molecular flexibility index (Phi) is 13.0. The molecule has 0 aromatic rings. The second-order valence-corrected chi connectivity index (χ2v) is 3.85. The van der Waals surface area contributed by atoms with E-state index in [0.29, 0.717) is 0 Å². The molecule has 0 spiro atoms. The van der Waals surface area contributed by atoms with Crippen molar-refractivity contribution in [3.63, 3.8) is 0 Å². The quantitative estimate of drug-likeness (QED) is 0.545. The first-order chi connectivity index (χ1) is 5.91. The van der Waals surface area contributed by atoms with Gasteiger partial charge in [0.15, 0.2) is 0 Å². The van der Waals surface area contributed by atoms with Gasteiger partial charge in [0.25, 0.3) is 0 Å². The SMILES string of the molecule is C1CNCCNCCN1.[Cl][Cu][Cl]. The molecule has 1 aliphatic heterocycles. The van der Waals surface area contributed by atoms with E-state index in [1.54, 1.807) is 0 Å². The van der Waals surface area contributed by atoms with Gasteiger partial charge < -0.3 is 16.0 Å². The fraction of sp³-hybridized carbons (Fsp3) is 1.00. The molecule has 6 heteroatoms. The zero-order valence-corrected chi connectivity index (χ0v) is 9.25. The second-order valence-electron chi connectivity index (χ2n) is 2.29. The molecule has 0 atom stereocenters. The van der Waals surface area contributed by atoms with E-state index in [2.05, 4.69) is 36.1 Å². The van der Waals surface area contributed by atoms with Gasteiger partial charge in [-0.3, -0.25) is 0 Å². The molecule has 0 amide bonds. The summed E-state index contributed by atoms with van der Waals surface area (Å²) >= 11 is 0.757. The fourth-order valence-electron chi connectivity index (χ4n) is 0.905. The van der Waals surface area contributed by atoms with Crippen molar-refractivity contribution < 1.29 is 13.1 Å². The van der Waals surface area contributed by atoms with Crippen molar-refractivity contribution in [3.05, 3.63) is 0 Å². The molecule has 0 unspecified atom stereocenters. The number of rotatable bonds is 0.